The van der Waals surface area contributed by atoms with Crippen LogP contribution in [0.15, 0.2) is 29.8 Å². The summed E-state index contributed by atoms with van der Waals surface area (Å²) in [5.74, 6) is -0.655. The largest absolute Gasteiger partial charge is 0.463 e. The summed E-state index contributed by atoms with van der Waals surface area (Å²) < 4.78 is 14.7. The van der Waals surface area contributed by atoms with Gasteiger partial charge < -0.3 is 14.2 Å². The zero-order valence-corrected chi connectivity index (χ0v) is 16.2. The lowest BCUT2D eigenvalue weighted by Crippen LogP contribution is -2.48. The Bertz CT molecular complexity index is 692. The normalized spacial score (nSPS) is 10.7. The number of hydrogen-bond donors (Lipinski definition) is 1. The molecule has 0 aliphatic carbocycles. The summed E-state index contributed by atoms with van der Waals surface area (Å²) in [5, 5.41) is 1.25. The van der Waals surface area contributed by atoms with Gasteiger partial charge in [0.2, 0.25) is 0 Å². The molecular formula is C18H23ClN2O6. The van der Waals surface area contributed by atoms with E-state index in [2.05, 4.69) is 5.43 Å². The van der Waals surface area contributed by atoms with Crippen LogP contribution in [0.3, 0.4) is 0 Å². The fourth-order valence-electron chi connectivity index (χ4n) is 1.97. The van der Waals surface area contributed by atoms with Crippen LogP contribution in [0.4, 0.5) is 9.59 Å². The second-order valence-corrected chi connectivity index (χ2v) is 5.44. The number of hydrogen-bond acceptors (Lipinski definition) is 6. The smallest absolute Gasteiger partial charge is 0.429 e. The summed E-state index contributed by atoms with van der Waals surface area (Å²) >= 11 is 6.13. The average Bonchev–Trinajstić information content (AvgIpc) is 2.62. The molecule has 0 atom stereocenters. The molecule has 2 amide bonds. The number of rotatable bonds is 7. The molecule has 0 fully saturated rings. The standard InChI is InChI=1S/C18H23ClN2O6/c1-4-25-16(22)14(11-13-9-7-8-10-15(13)19)12-21(18(24)27-6-3)20-17(23)26-5-2/h7-11H,4-6,12H2,1-3H3,(H,20,23)/b14-11+. The van der Waals surface area contributed by atoms with Gasteiger partial charge in [-0.2, -0.15) is 0 Å². The van der Waals surface area contributed by atoms with E-state index in [1.54, 1.807) is 45.0 Å². The highest BCUT2D eigenvalue weighted by molar-refractivity contribution is 6.32. The van der Waals surface area contributed by atoms with Crippen molar-refractivity contribution in [2.24, 2.45) is 0 Å². The van der Waals surface area contributed by atoms with Crippen LogP contribution >= 0.6 is 11.6 Å². The van der Waals surface area contributed by atoms with Crippen LogP contribution in [-0.4, -0.2) is 49.5 Å². The van der Waals surface area contributed by atoms with Gasteiger partial charge in [0.1, 0.15) is 0 Å². The molecule has 0 saturated heterocycles. The summed E-state index contributed by atoms with van der Waals surface area (Å²) in [6.07, 6.45) is -0.217. The van der Waals surface area contributed by atoms with Crippen molar-refractivity contribution < 1.29 is 28.6 Å². The Hall–Kier alpha value is -2.74. The van der Waals surface area contributed by atoms with Crippen LogP contribution in [-0.2, 0) is 19.0 Å². The minimum atomic E-state index is -0.855. The van der Waals surface area contributed by atoms with E-state index in [4.69, 9.17) is 25.8 Å². The fourth-order valence-corrected chi connectivity index (χ4v) is 2.16. The maximum absolute atomic E-state index is 12.3. The number of nitrogens with one attached hydrogen (secondary N) is 1. The van der Waals surface area contributed by atoms with E-state index in [1.165, 1.54) is 6.08 Å². The quantitative estimate of drug-likeness (QED) is 0.327. The van der Waals surface area contributed by atoms with Crippen LogP contribution in [0.2, 0.25) is 5.02 Å². The molecule has 0 saturated carbocycles. The van der Waals surface area contributed by atoms with E-state index in [9.17, 15) is 14.4 Å². The van der Waals surface area contributed by atoms with Crippen molar-refractivity contribution >= 4 is 35.8 Å². The lowest BCUT2D eigenvalue weighted by molar-refractivity contribution is -0.138. The van der Waals surface area contributed by atoms with Gasteiger partial charge in [-0.1, -0.05) is 29.8 Å². The molecule has 1 rings (SSSR count). The van der Waals surface area contributed by atoms with E-state index in [0.29, 0.717) is 10.6 Å². The summed E-state index contributed by atoms with van der Waals surface area (Å²) in [5.41, 5.74) is 2.90. The Morgan fingerprint density at radius 1 is 1.04 bits per heavy atom. The first-order chi connectivity index (χ1) is 12.9. The number of benzene rings is 1. The molecule has 0 aromatic heterocycles. The van der Waals surface area contributed by atoms with E-state index in [1.807, 2.05) is 0 Å². The van der Waals surface area contributed by atoms with Gasteiger partial charge in [-0.05, 0) is 38.5 Å². The Morgan fingerprint density at radius 3 is 2.26 bits per heavy atom. The summed E-state index contributed by atoms with van der Waals surface area (Å²) in [4.78, 5) is 36.2. The molecule has 0 unspecified atom stereocenters. The molecule has 0 heterocycles. The number of carbonyl (C=O) groups excluding carboxylic acids is 3. The first-order valence-corrected chi connectivity index (χ1v) is 8.80. The van der Waals surface area contributed by atoms with Gasteiger partial charge in [-0.25, -0.2) is 24.8 Å². The molecule has 0 radical (unpaired) electrons. The number of hydrazine groups is 1. The number of esters is 1. The van der Waals surface area contributed by atoms with E-state index >= 15 is 0 Å². The molecule has 1 N–H and O–H groups in total. The molecule has 1 aromatic rings. The van der Waals surface area contributed by atoms with Gasteiger partial charge in [-0.3, -0.25) is 0 Å². The van der Waals surface area contributed by atoms with E-state index in [0.717, 1.165) is 5.01 Å². The average molecular weight is 399 g/mol. The molecule has 148 valence electrons. The number of ether oxygens (including phenoxy) is 3. The highest BCUT2D eigenvalue weighted by Crippen LogP contribution is 2.19. The molecule has 0 aliphatic rings. The lowest BCUT2D eigenvalue weighted by Gasteiger charge is -2.22. The monoisotopic (exact) mass is 398 g/mol. The van der Waals surface area contributed by atoms with Gasteiger partial charge in [0.15, 0.2) is 0 Å². The third-order valence-electron chi connectivity index (χ3n) is 3.09. The Morgan fingerprint density at radius 2 is 1.67 bits per heavy atom. The molecule has 0 aliphatic heterocycles. The van der Waals surface area contributed by atoms with Gasteiger partial charge in [0.05, 0.1) is 31.9 Å². The minimum Gasteiger partial charge on any atom is -0.463 e. The molecule has 1 aromatic carbocycles. The van der Waals surface area contributed by atoms with E-state index < -0.39 is 18.2 Å². The lowest BCUT2D eigenvalue weighted by atomic mass is 10.1. The Balaban J connectivity index is 3.16. The number of halogens is 1. The van der Waals surface area contributed by atoms with Crippen molar-refractivity contribution in [3.63, 3.8) is 0 Å². The highest BCUT2D eigenvalue weighted by atomic mass is 35.5. The van der Waals surface area contributed by atoms with Crippen molar-refractivity contribution in [2.75, 3.05) is 26.4 Å². The number of amides is 2. The maximum atomic E-state index is 12.3. The second-order valence-electron chi connectivity index (χ2n) is 5.03. The summed E-state index contributed by atoms with van der Waals surface area (Å²) in [7, 11) is 0. The van der Waals surface area contributed by atoms with Crippen LogP contribution in [0.25, 0.3) is 6.08 Å². The molecule has 0 bridgehead atoms. The first kappa shape index (κ1) is 22.3. The third kappa shape index (κ3) is 7.57. The van der Waals surface area contributed by atoms with Crippen molar-refractivity contribution in [3.8, 4) is 0 Å². The fraction of sp³-hybridized carbons (Fsp3) is 0.389. The molecule has 8 nitrogen and oxygen atoms in total. The van der Waals surface area contributed by atoms with Crippen molar-refractivity contribution in [3.05, 3.63) is 40.4 Å². The molecule has 9 heteroatoms. The van der Waals surface area contributed by atoms with Crippen LogP contribution in [0.1, 0.15) is 26.3 Å². The SMILES string of the molecule is CCOC(=O)NN(C/C(=C\c1ccccc1Cl)C(=O)OCC)C(=O)OCC. The summed E-state index contributed by atoms with van der Waals surface area (Å²) in [6.45, 7) is 4.93. The predicted molar refractivity (Wildman–Crippen MR) is 99.9 cm³/mol. The van der Waals surface area contributed by atoms with Gasteiger partial charge in [-0.15, -0.1) is 0 Å². The zero-order valence-electron chi connectivity index (χ0n) is 15.5. The van der Waals surface area contributed by atoms with Crippen molar-refractivity contribution in [1.29, 1.82) is 0 Å². The van der Waals surface area contributed by atoms with Crippen LogP contribution < -0.4 is 5.43 Å². The molecule has 27 heavy (non-hydrogen) atoms. The summed E-state index contributed by atoms with van der Waals surface area (Å²) in [6, 6.07) is 6.86. The molecule has 0 spiro atoms. The predicted octanol–water partition coefficient (Wildman–Crippen LogP) is 3.41. The van der Waals surface area contributed by atoms with E-state index in [-0.39, 0.29) is 31.9 Å². The van der Waals surface area contributed by atoms with Gasteiger partial charge in [0.25, 0.3) is 0 Å². The highest BCUT2D eigenvalue weighted by Gasteiger charge is 2.23. The van der Waals surface area contributed by atoms with Gasteiger partial charge in [0, 0.05) is 5.02 Å². The topological polar surface area (TPSA) is 94.2 Å². The molecular weight excluding hydrogens is 376 g/mol. The second kappa shape index (κ2) is 11.8. The van der Waals surface area contributed by atoms with Crippen molar-refractivity contribution in [1.82, 2.24) is 10.4 Å². The number of nitrogens with zero attached hydrogens (tertiary/aromatic N) is 1. The van der Waals surface area contributed by atoms with Crippen molar-refractivity contribution in [2.45, 2.75) is 20.8 Å². The first-order valence-electron chi connectivity index (χ1n) is 8.42. The minimum absolute atomic E-state index is 0.0861. The Kier molecular flexibility index (Phi) is 9.74. The van der Waals surface area contributed by atoms with Gasteiger partial charge >= 0.3 is 18.2 Å². The van der Waals surface area contributed by atoms with Crippen LogP contribution in [0.5, 0.6) is 0 Å². The Labute approximate surface area is 163 Å². The number of carbonyl (C=O) groups is 3. The maximum Gasteiger partial charge on any atom is 0.429 e. The van der Waals surface area contributed by atoms with Crippen LogP contribution in [0, 0.1) is 0 Å². The third-order valence-corrected chi connectivity index (χ3v) is 3.44. The zero-order chi connectivity index (χ0) is 20.2.